The molecule has 19 heavy (non-hydrogen) atoms. The lowest BCUT2D eigenvalue weighted by molar-refractivity contribution is 0.0699. The summed E-state index contributed by atoms with van der Waals surface area (Å²) in [6, 6.07) is 8.74. The van der Waals surface area contributed by atoms with Gasteiger partial charge < -0.3 is 4.90 Å². The molecule has 2 heteroatoms. The Balaban J connectivity index is 2.01. The van der Waals surface area contributed by atoms with E-state index in [-0.39, 0.29) is 5.92 Å². The van der Waals surface area contributed by atoms with Crippen molar-refractivity contribution in [2.45, 2.75) is 52.1 Å². The Hall–Kier alpha value is -1.05. The lowest BCUT2D eigenvalue weighted by Crippen LogP contribution is -2.44. The van der Waals surface area contributed by atoms with E-state index in [9.17, 15) is 4.39 Å². The van der Waals surface area contributed by atoms with Crippen LogP contribution in [0.1, 0.15) is 52.0 Å². The van der Waals surface area contributed by atoms with Gasteiger partial charge in [0, 0.05) is 18.8 Å². The third-order valence-electron chi connectivity index (χ3n) is 4.55. The first-order valence-corrected chi connectivity index (χ1v) is 7.46. The lowest BCUT2D eigenvalue weighted by atomic mass is 9.83. The summed E-state index contributed by atoms with van der Waals surface area (Å²) in [7, 11) is 0. The van der Waals surface area contributed by atoms with Crippen LogP contribution in [0, 0.1) is 5.92 Å². The Kier molecular flexibility index (Phi) is 4.17. The van der Waals surface area contributed by atoms with E-state index in [0.29, 0.717) is 18.8 Å². The van der Waals surface area contributed by atoms with Gasteiger partial charge in [-0.05, 0) is 42.4 Å². The molecule has 0 aromatic heterocycles. The zero-order valence-corrected chi connectivity index (χ0v) is 12.6. The minimum absolute atomic E-state index is 0.123. The second-order valence-electron chi connectivity index (χ2n) is 6.42. The van der Waals surface area contributed by atoms with E-state index in [1.807, 2.05) is 13.8 Å². The minimum Gasteiger partial charge on any atom is -0.371 e. The zero-order valence-electron chi connectivity index (χ0n) is 12.6. The molecule has 0 amide bonds. The van der Waals surface area contributed by atoms with Gasteiger partial charge in [0.1, 0.15) is 5.67 Å². The summed E-state index contributed by atoms with van der Waals surface area (Å²) in [5.41, 5.74) is 1.63. The van der Waals surface area contributed by atoms with E-state index in [1.165, 1.54) is 11.3 Å². The van der Waals surface area contributed by atoms with Crippen molar-refractivity contribution < 1.29 is 4.39 Å². The molecule has 0 aliphatic carbocycles. The molecule has 1 fully saturated rings. The molecular weight excluding hydrogens is 237 g/mol. The van der Waals surface area contributed by atoms with Crippen LogP contribution in [-0.2, 0) is 0 Å². The largest absolute Gasteiger partial charge is 0.371 e. The topological polar surface area (TPSA) is 3.24 Å². The van der Waals surface area contributed by atoms with Crippen molar-refractivity contribution in [2.24, 2.45) is 5.92 Å². The highest BCUT2D eigenvalue weighted by molar-refractivity contribution is 5.48. The molecule has 1 aromatic rings. The average Bonchev–Trinajstić information content (AvgIpc) is 2.39. The molecule has 0 bridgehead atoms. The minimum atomic E-state index is -0.964. The SMILES string of the molecule is CC(C)c1ccc(N2CCC(F)(C(C)C)CC2)cc1. The maximum absolute atomic E-state index is 14.5. The first kappa shape index (κ1) is 14.4. The molecule has 1 aromatic carbocycles. The van der Waals surface area contributed by atoms with Crippen LogP contribution < -0.4 is 4.90 Å². The molecule has 0 spiro atoms. The predicted octanol–water partition coefficient (Wildman–Crippen LogP) is 4.77. The van der Waals surface area contributed by atoms with Crippen LogP contribution in [0.5, 0.6) is 0 Å². The summed E-state index contributed by atoms with van der Waals surface area (Å²) in [6.45, 7) is 10.1. The summed E-state index contributed by atoms with van der Waals surface area (Å²) >= 11 is 0. The zero-order chi connectivity index (χ0) is 14.0. The maximum Gasteiger partial charge on any atom is 0.116 e. The standard InChI is InChI=1S/C17H26FN/c1-13(2)15-5-7-16(8-6-15)19-11-9-17(18,10-12-19)14(3)4/h5-8,13-14H,9-12H2,1-4H3. The summed E-state index contributed by atoms with van der Waals surface area (Å²) in [5.74, 6) is 0.688. The number of rotatable bonds is 3. The second kappa shape index (κ2) is 5.52. The van der Waals surface area contributed by atoms with Gasteiger partial charge in [0.15, 0.2) is 0 Å². The fourth-order valence-electron chi connectivity index (χ4n) is 2.78. The van der Waals surface area contributed by atoms with Crippen molar-refractivity contribution in [3.8, 4) is 0 Å². The number of alkyl halides is 1. The van der Waals surface area contributed by atoms with E-state index >= 15 is 0 Å². The highest BCUT2D eigenvalue weighted by atomic mass is 19.1. The molecular formula is C17H26FN. The van der Waals surface area contributed by atoms with Crippen molar-refractivity contribution in [3.05, 3.63) is 29.8 Å². The second-order valence-corrected chi connectivity index (χ2v) is 6.42. The predicted molar refractivity (Wildman–Crippen MR) is 80.7 cm³/mol. The molecule has 1 aliphatic rings. The molecule has 0 radical (unpaired) electrons. The quantitative estimate of drug-likeness (QED) is 0.759. The summed E-state index contributed by atoms with van der Waals surface area (Å²) in [4.78, 5) is 2.31. The fraction of sp³-hybridized carbons (Fsp3) is 0.647. The third-order valence-corrected chi connectivity index (χ3v) is 4.55. The van der Waals surface area contributed by atoms with Gasteiger partial charge in [0.25, 0.3) is 0 Å². The fourth-order valence-corrected chi connectivity index (χ4v) is 2.78. The van der Waals surface area contributed by atoms with Gasteiger partial charge in [0.05, 0.1) is 0 Å². The number of hydrogen-bond donors (Lipinski definition) is 0. The van der Waals surface area contributed by atoms with E-state index in [1.54, 1.807) is 0 Å². The summed E-state index contributed by atoms with van der Waals surface area (Å²) in [5, 5.41) is 0. The van der Waals surface area contributed by atoms with E-state index in [0.717, 1.165) is 13.1 Å². The Morgan fingerprint density at radius 2 is 1.53 bits per heavy atom. The van der Waals surface area contributed by atoms with Gasteiger partial charge in [-0.1, -0.05) is 39.8 Å². The monoisotopic (exact) mass is 263 g/mol. The van der Waals surface area contributed by atoms with Crippen molar-refractivity contribution in [1.29, 1.82) is 0 Å². The van der Waals surface area contributed by atoms with Gasteiger partial charge in [-0.15, -0.1) is 0 Å². The molecule has 1 aliphatic heterocycles. The van der Waals surface area contributed by atoms with Crippen LogP contribution in [0.4, 0.5) is 10.1 Å². The maximum atomic E-state index is 14.5. The van der Waals surface area contributed by atoms with Gasteiger partial charge in [0.2, 0.25) is 0 Å². The van der Waals surface area contributed by atoms with E-state index in [2.05, 4.69) is 43.0 Å². The van der Waals surface area contributed by atoms with Gasteiger partial charge >= 0.3 is 0 Å². The third kappa shape index (κ3) is 3.10. The van der Waals surface area contributed by atoms with Crippen molar-refractivity contribution in [3.63, 3.8) is 0 Å². The number of halogens is 1. The molecule has 0 unspecified atom stereocenters. The average molecular weight is 263 g/mol. The van der Waals surface area contributed by atoms with Crippen LogP contribution in [0.2, 0.25) is 0 Å². The summed E-state index contributed by atoms with van der Waals surface area (Å²) < 4.78 is 14.5. The van der Waals surface area contributed by atoms with E-state index < -0.39 is 5.67 Å². The van der Waals surface area contributed by atoms with Crippen molar-refractivity contribution in [1.82, 2.24) is 0 Å². The number of benzene rings is 1. The van der Waals surface area contributed by atoms with Crippen LogP contribution in [0.15, 0.2) is 24.3 Å². The molecule has 0 saturated carbocycles. The molecule has 1 saturated heterocycles. The highest BCUT2D eigenvalue weighted by Crippen LogP contribution is 2.35. The molecule has 2 rings (SSSR count). The summed E-state index contributed by atoms with van der Waals surface area (Å²) in [6.07, 6.45) is 1.30. The Bertz CT molecular complexity index is 400. The Morgan fingerprint density at radius 1 is 1.00 bits per heavy atom. The molecule has 1 heterocycles. The molecule has 106 valence electrons. The number of hydrogen-bond acceptors (Lipinski definition) is 1. The molecule has 1 nitrogen and oxygen atoms in total. The van der Waals surface area contributed by atoms with Gasteiger partial charge in [-0.25, -0.2) is 4.39 Å². The van der Waals surface area contributed by atoms with Gasteiger partial charge in [-0.3, -0.25) is 0 Å². The van der Waals surface area contributed by atoms with Gasteiger partial charge in [-0.2, -0.15) is 0 Å². The smallest absolute Gasteiger partial charge is 0.116 e. The Labute approximate surface area is 116 Å². The van der Waals surface area contributed by atoms with Crippen molar-refractivity contribution >= 4 is 5.69 Å². The lowest BCUT2D eigenvalue weighted by Gasteiger charge is -2.40. The van der Waals surface area contributed by atoms with E-state index in [4.69, 9.17) is 0 Å². The van der Waals surface area contributed by atoms with Crippen LogP contribution in [0.3, 0.4) is 0 Å². The first-order chi connectivity index (χ1) is 8.92. The molecule has 0 atom stereocenters. The highest BCUT2D eigenvalue weighted by Gasteiger charge is 2.37. The van der Waals surface area contributed by atoms with Crippen LogP contribution in [0.25, 0.3) is 0 Å². The number of anilines is 1. The van der Waals surface area contributed by atoms with Crippen molar-refractivity contribution in [2.75, 3.05) is 18.0 Å². The number of nitrogens with zero attached hydrogens (tertiary/aromatic N) is 1. The first-order valence-electron chi connectivity index (χ1n) is 7.46. The Morgan fingerprint density at radius 3 is 1.95 bits per heavy atom. The normalized spacial score (nSPS) is 19.2. The number of piperidine rings is 1. The van der Waals surface area contributed by atoms with Crippen LogP contribution >= 0.6 is 0 Å². The molecule has 0 N–H and O–H groups in total. The van der Waals surface area contributed by atoms with Crippen LogP contribution in [-0.4, -0.2) is 18.8 Å².